The van der Waals surface area contributed by atoms with Crippen LogP contribution in [0.1, 0.15) is 55.7 Å². The second-order valence-corrected chi connectivity index (χ2v) is 14.1. The molecule has 3 unspecified atom stereocenters. The van der Waals surface area contributed by atoms with Crippen LogP contribution in [-0.4, -0.2) is 71.7 Å². The van der Waals surface area contributed by atoms with Gasteiger partial charge >= 0.3 is 0 Å². The number of nitrogens with one attached hydrogen (secondary N) is 2. The topological polar surface area (TPSA) is 140 Å². The van der Waals surface area contributed by atoms with Crippen LogP contribution >= 0.6 is 11.6 Å². The quantitative estimate of drug-likeness (QED) is 0.302. The van der Waals surface area contributed by atoms with E-state index in [1.54, 1.807) is 40.8 Å². The smallest absolute Gasteiger partial charge is 0.242 e. The predicted molar refractivity (Wildman–Crippen MR) is 168 cm³/mol. The maximum Gasteiger partial charge on any atom is 0.242 e. The SMILES string of the molecule is CC(C)Oc1ccc(C(c2ccc(Cl)cc2)C(N)C(=O)Nc2cncc(F)c2CC[C@H]2CN[C@@H]3CCCS(=O)(=O)N2C3)cn1. The van der Waals surface area contributed by atoms with Gasteiger partial charge in [0, 0.05) is 53.9 Å². The van der Waals surface area contributed by atoms with Gasteiger partial charge in [0.05, 0.1) is 36.0 Å². The largest absolute Gasteiger partial charge is 0.475 e. The third kappa shape index (κ3) is 7.55. The van der Waals surface area contributed by atoms with Crippen molar-refractivity contribution >= 4 is 33.2 Å². The number of aromatic nitrogens is 2. The van der Waals surface area contributed by atoms with Gasteiger partial charge in [0.1, 0.15) is 5.82 Å². The number of anilines is 1. The lowest BCUT2D eigenvalue weighted by molar-refractivity contribution is -0.117. The molecule has 3 aromatic rings. The van der Waals surface area contributed by atoms with E-state index >= 15 is 4.39 Å². The maximum absolute atomic E-state index is 15.2. The highest BCUT2D eigenvalue weighted by atomic mass is 35.5. The summed E-state index contributed by atoms with van der Waals surface area (Å²) in [5.41, 5.74) is 8.48. The van der Waals surface area contributed by atoms with Gasteiger partial charge in [-0.2, -0.15) is 4.31 Å². The second kappa shape index (κ2) is 13.9. The summed E-state index contributed by atoms with van der Waals surface area (Å²) in [4.78, 5) is 22.0. The molecule has 236 valence electrons. The number of nitrogens with two attached hydrogens (primary N) is 1. The average molecular weight is 645 g/mol. The number of hydrogen-bond acceptors (Lipinski definition) is 8. The van der Waals surface area contributed by atoms with E-state index in [0.717, 1.165) is 18.2 Å². The van der Waals surface area contributed by atoms with E-state index in [-0.39, 0.29) is 41.6 Å². The molecule has 4 N–H and O–H groups in total. The highest BCUT2D eigenvalue weighted by Gasteiger charge is 2.38. The van der Waals surface area contributed by atoms with E-state index in [1.807, 2.05) is 19.9 Å². The predicted octanol–water partition coefficient (Wildman–Crippen LogP) is 3.85. The van der Waals surface area contributed by atoms with Crippen molar-refractivity contribution in [1.82, 2.24) is 19.6 Å². The normalized spacial score (nSPS) is 22.5. The molecule has 2 aliphatic rings. The number of nitrogens with zero attached hydrogens (tertiary/aromatic N) is 3. The van der Waals surface area contributed by atoms with E-state index in [4.69, 9.17) is 22.1 Å². The van der Waals surface area contributed by atoms with Crippen molar-refractivity contribution in [2.45, 2.75) is 69.7 Å². The monoisotopic (exact) mass is 644 g/mol. The Hall–Kier alpha value is -3.16. The minimum atomic E-state index is -3.39. The standard InChI is InChI=1S/C31H38ClFN6O4S/c1-19(2)43-28-12-7-21(14-37-28)29(20-5-8-22(32)9-6-20)30(34)31(40)38-27-17-35-16-26(33)25(27)11-10-24-15-36-23-4-3-13-44(41,42)39(24)18-23/h5-9,12,14,16-17,19,23-24,29-30,36H,3-4,10-11,13,15,18,34H2,1-2H3,(H,38,40)/t23-,24+,29?,30?/m1/s1. The Morgan fingerprint density at radius 3 is 2.64 bits per heavy atom. The third-order valence-corrected chi connectivity index (χ3v) is 10.3. The van der Waals surface area contributed by atoms with Crippen LogP contribution in [0.3, 0.4) is 0 Å². The average Bonchev–Trinajstić information content (AvgIpc) is 3.10. The van der Waals surface area contributed by atoms with E-state index < -0.39 is 33.7 Å². The van der Waals surface area contributed by atoms with Crippen LogP contribution in [0, 0.1) is 5.82 Å². The first kappa shape index (κ1) is 32.2. The molecule has 4 heterocycles. The number of piperazine rings is 1. The number of pyridine rings is 2. The Morgan fingerprint density at radius 2 is 1.93 bits per heavy atom. The second-order valence-electron chi connectivity index (χ2n) is 11.6. The Labute approximate surface area is 262 Å². The summed E-state index contributed by atoms with van der Waals surface area (Å²) in [5.74, 6) is -1.17. The lowest BCUT2D eigenvalue weighted by atomic mass is 9.85. The van der Waals surface area contributed by atoms with Gasteiger partial charge in [-0.15, -0.1) is 0 Å². The van der Waals surface area contributed by atoms with Gasteiger partial charge in [-0.1, -0.05) is 29.8 Å². The summed E-state index contributed by atoms with van der Waals surface area (Å²) < 4.78 is 48.2. The van der Waals surface area contributed by atoms with Crippen molar-refractivity contribution < 1.29 is 22.3 Å². The summed E-state index contributed by atoms with van der Waals surface area (Å²) in [7, 11) is -3.39. The fourth-order valence-electron chi connectivity index (χ4n) is 5.91. The van der Waals surface area contributed by atoms with E-state index in [1.165, 1.54) is 6.20 Å². The summed E-state index contributed by atoms with van der Waals surface area (Å²) >= 11 is 6.13. The van der Waals surface area contributed by atoms with Crippen LogP contribution in [0.2, 0.25) is 5.02 Å². The number of benzene rings is 1. The highest BCUT2D eigenvalue weighted by Crippen LogP contribution is 2.31. The number of sulfonamides is 1. The Morgan fingerprint density at radius 1 is 1.18 bits per heavy atom. The summed E-state index contributed by atoms with van der Waals surface area (Å²) in [5, 5.41) is 6.76. The van der Waals surface area contributed by atoms with Crippen LogP contribution in [0.5, 0.6) is 5.88 Å². The first-order chi connectivity index (χ1) is 21.0. The van der Waals surface area contributed by atoms with Gasteiger partial charge < -0.3 is 21.1 Å². The minimum Gasteiger partial charge on any atom is -0.475 e. The summed E-state index contributed by atoms with van der Waals surface area (Å²) in [6.07, 6.45) is 6.04. The van der Waals surface area contributed by atoms with Gasteiger partial charge in [0.2, 0.25) is 21.8 Å². The molecule has 5 rings (SSSR count). The molecule has 1 aromatic carbocycles. The number of carbonyl (C=O) groups is 1. The molecule has 2 saturated heterocycles. The number of ether oxygens (including phenoxy) is 1. The van der Waals surface area contributed by atoms with Crippen LogP contribution < -0.4 is 21.1 Å². The molecule has 44 heavy (non-hydrogen) atoms. The summed E-state index contributed by atoms with van der Waals surface area (Å²) in [6, 6.07) is 9.29. The Kier molecular flexibility index (Phi) is 10.2. The fraction of sp³-hybridized carbons (Fsp3) is 0.452. The van der Waals surface area contributed by atoms with Gasteiger partial charge in [0.25, 0.3) is 0 Å². The number of carbonyl (C=O) groups excluding carboxylic acids is 1. The number of halogens is 2. The number of fused-ring (bicyclic) bond motifs is 2. The molecule has 2 aromatic heterocycles. The van der Waals surface area contributed by atoms with Crippen molar-refractivity contribution in [1.29, 1.82) is 0 Å². The fourth-order valence-corrected chi connectivity index (χ4v) is 7.84. The lowest BCUT2D eigenvalue weighted by Gasteiger charge is -2.37. The third-order valence-electron chi connectivity index (χ3n) is 8.12. The van der Waals surface area contributed by atoms with E-state index in [2.05, 4.69) is 20.6 Å². The zero-order chi connectivity index (χ0) is 31.4. The zero-order valence-electron chi connectivity index (χ0n) is 24.7. The molecule has 2 bridgehead atoms. The molecular weight excluding hydrogens is 607 g/mol. The van der Waals surface area contributed by atoms with E-state index in [0.29, 0.717) is 42.4 Å². The Bertz CT molecular complexity index is 1560. The first-order valence-electron chi connectivity index (χ1n) is 14.8. The van der Waals surface area contributed by atoms with Crippen molar-refractivity contribution in [3.8, 4) is 5.88 Å². The van der Waals surface area contributed by atoms with Crippen LogP contribution in [0.4, 0.5) is 10.1 Å². The van der Waals surface area contributed by atoms with Crippen molar-refractivity contribution in [2.24, 2.45) is 5.73 Å². The highest BCUT2D eigenvalue weighted by molar-refractivity contribution is 7.89. The molecule has 0 aliphatic carbocycles. The van der Waals surface area contributed by atoms with Gasteiger partial charge in [-0.25, -0.2) is 17.8 Å². The molecule has 10 nitrogen and oxygen atoms in total. The van der Waals surface area contributed by atoms with E-state index in [9.17, 15) is 13.2 Å². The molecule has 0 spiro atoms. The minimum absolute atomic E-state index is 0.0532. The zero-order valence-corrected chi connectivity index (χ0v) is 26.3. The van der Waals surface area contributed by atoms with Crippen molar-refractivity contribution in [3.63, 3.8) is 0 Å². The number of hydrogen-bond donors (Lipinski definition) is 3. The van der Waals surface area contributed by atoms with Crippen molar-refractivity contribution in [2.75, 3.05) is 24.2 Å². The van der Waals surface area contributed by atoms with Crippen LogP contribution in [-0.2, 0) is 21.2 Å². The Balaban J connectivity index is 1.36. The van der Waals surface area contributed by atoms with Crippen LogP contribution in [0.25, 0.3) is 0 Å². The molecule has 1 amide bonds. The summed E-state index contributed by atoms with van der Waals surface area (Å²) in [6.45, 7) is 4.71. The van der Waals surface area contributed by atoms with Crippen LogP contribution in [0.15, 0.2) is 55.0 Å². The molecule has 2 aliphatic heterocycles. The molecule has 2 fully saturated rings. The maximum atomic E-state index is 15.2. The number of rotatable bonds is 10. The molecule has 0 saturated carbocycles. The number of amides is 1. The van der Waals surface area contributed by atoms with Gasteiger partial charge in [-0.05, 0) is 62.8 Å². The van der Waals surface area contributed by atoms with Gasteiger partial charge in [0.15, 0.2) is 0 Å². The molecule has 0 radical (unpaired) electrons. The lowest BCUT2D eigenvalue weighted by Crippen LogP contribution is -2.57. The van der Waals surface area contributed by atoms with Crippen molar-refractivity contribution in [3.05, 3.63) is 82.5 Å². The molecule has 13 heteroatoms. The van der Waals surface area contributed by atoms with Gasteiger partial charge in [-0.3, -0.25) is 9.78 Å². The first-order valence-corrected chi connectivity index (χ1v) is 16.8. The molecule has 5 atom stereocenters. The molecular formula is C31H38ClFN6O4S.